The predicted octanol–water partition coefficient (Wildman–Crippen LogP) is 3.23. The predicted molar refractivity (Wildman–Crippen MR) is 97.0 cm³/mol. The normalized spacial score (nSPS) is 14.6. The van der Waals surface area contributed by atoms with E-state index < -0.39 is 0 Å². The van der Waals surface area contributed by atoms with E-state index in [4.69, 9.17) is 10.4 Å². The first kappa shape index (κ1) is 21.9. The van der Waals surface area contributed by atoms with Crippen LogP contribution in [0.2, 0.25) is 0 Å². The van der Waals surface area contributed by atoms with Gasteiger partial charge in [-0.05, 0) is 73.4 Å². The van der Waals surface area contributed by atoms with Gasteiger partial charge in [0.2, 0.25) is 0 Å². The third-order valence-electron chi connectivity index (χ3n) is 4.93. The van der Waals surface area contributed by atoms with Gasteiger partial charge in [0.1, 0.15) is 0 Å². The van der Waals surface area contributed by atoms with E-state index in [9.17, 15) is 0 Å². The molecule has 0 aromatic heterocycles. The van der Waals surface area contributed by atoms with Gasteiger partial charge in [-0.1, -0.05) is 23.7 Å². The Bertz CT molecular complexity index is 367. The van der Waals surface area contributed by atoms with Gasteiger partial charge in [-0.3, -0.25) is 0 Å². The molecule has 0 aromatic rings. The standard InChI is InChI=1S/C17H36N4O2/c1-8-15(9-11-18-16(4,5)13(2)20-22)10-12-19-17(6,7)14(3)21-23/h15,18-19,22-23H,8-12H2,1-7H3/b20-13-,21-14-. The molecule has 0 atom stereocenters. The Kier molecular flexibility index (Phi) is 9.39. The second kappa shape index (κ2) is 9.88. The van der Waals surface area contributed by atoms with Gasteiger partial charge in [-0.15, -0.1) is 0 Å². The minimum Gasteiger partial charge on any atom is -0.411 e. The minimum absolute atomic E-state index is 0.290. The van der Waals surface area contributed by atoms with Gasteiger partial charge in [0.15, 0.2) is 0 Å². The molecule has 23 heavy (non-hydrogen) atoms. The molecule has 0 spiro atoms. The lowest BCUT2D eigenvalue weighted by atomic mass is 9.94. The fourth-order valence-corrected chi connectivity index (χ4v) is 2.24. The van der Waals surface area contributed by atoms with Gasteiger partial charge in [0, 0.05) is 0 Å². The zero-order chi connectivity index (χ0) is 18.1. The maximum Gasteiger partial charge on any atom is 0.0734 e. The molecular formula is C17H36N4O2. The number of hydrogen-bond acceptors (Lipinski definition) is 6. The molecule has 6 nitrogen and oxygen atoms in total. The minimum atomic E-state index is -0.290. The van der Waals surface area contributed by atoms with Gasteiger partial charge < -0.3 is 21.0 Å². The summed E-state index contributed by atoms with van der Waals surface area (Å²) in [7, 11) is 0. The van der Waals surface area contributed by atoms with Crippen LogP contribution < -0.4 is 10.6 Å². The van der Waals surface area contributed by atoms with Gasteiger partial charge in [-0.25, -0.2) is 0 Å². The Labute approximate surface area is 141 Å². The molecule has 0 unspecified atom stereocenters. The van der Waals surface area contributed by atoms with Crippen molar-refractivity contribution in [2.24, 2.45) is 16.2 Å². The molecule has 136 valence electrons. The molecule has 0 radical (unpaired) electrons. The highest BCUT2D eigenvalue weighted by atomic mass is 16.4. The van der Waals surface area contributed by atoms with Crippen LogP contribution in [0.4, 0.5) is 0 Å². The van der Waals surface area contributed by atoms with E-state index in [2.05, 4.69) is 27.9 Å². The van der Waals surface area contributed by atoms with Crippen molar-refractivity contribution in [3.8, 4) is 0 Å². The largest absolute Gasteiger partial charge is 0.411 e. The summed E-state index contributed by atoms with van der Waals surface area (Å²) in [5.74, 6) is 0.624. The summed E-state index contributed by atoms with van der Waals surface area (Å²) in [6.07, 6.45) is 3.28. The van der Waals surface area contributed by atoms with Crippen LogP contribution in [0.5, 0.6) is 0 Å². The van der Waals surface area contributed by atoms with Crippen molar-refractivity contribution < 1.29 is 10.4 Å². The SMILES string of the molecule is CCC(CCNC(C)(C)/C(C)=N\O)CCNC(C)(C)/C(C)=N\O. The van der Waals surface area contributed by atoms with Crippen LogP contribution in [0.25, 0.3) is 0 Å². The van der Waals surface area contributed by atoms with E-state index in [0.29, 0.717) is 17.3 Å². The molecule has 0 aromatic carbocycles. The van der Waals surface area contributed by atoms with Crippen LogP contribution >= 0.6 is 0 Å². The molecule has 4 N–H and O–H groups in total. The third kappa shape index (κ3) is 7.79. The summed E-state index contributed by atoms with van der Waals surface area (Å²) in [6.45, 7) is 15.7. The van der Waals surface area contributed by atoms with Crippen molar-refractivity contribution >= 4 is 11.4 Å². The lowest BCUT2D eigenvalue weighted by Crippen LogP contribution is -2.47. The summed E-state index contributed by atoms with van der Waals surface area (Å²) in [5.41, 5.74) is 0.796. The Morgan fingerprint density at radius 2 is 1.22 bits per heavy atom. The number of nitrogens with one attached hydrogen (secondary N) is 2. The zero-order valence-corrected chi connectivity index (χ0v) is 15.9. The van der Waals surface area contributed by atoms with E-state index in [1.54, 1.807) is 0 Å². The van der Waals surface area contributed by atoms with Gasteiger partial charge in [-0.2, -0.15) is 0 Å². The van der Waals surface area contributed by atoms with Crippen molar-refractivity contribution in [1.29, 1.82) is 0 Å². The number of oxime groups is 2. The summed E-state index contributed by atoms with van der Waals surface area (Å²) in [5, 5.41) is 31.3. The summed E-state index contributed by atoms with van der Waals surface area (Å²) >= 11 is 0. The molecule has 0 rings (SSSR count). The maximum absolute atomic E-state index is 8.89. The van der Waals surface area contributed by atoms with Gasteiger partial charge in [0.05, 0.1) is 22.5 Å². The highest BCUT2D eigenvalue weighted by Gasteiger charge is 2.23. The molecule has 0 aliphatic heterocycles. The fourth-order valence-electron chi connectivity index (χ4n) is 2.24. The van der Waals surface area contributed by atoms with E-state index in [-0.39, 0.29) is 11.1 Å². The molecule has 6 heteroatoms. The molecule has 0 aliphatic rings. The Hall–Kier alpha value is -1.14. The topological polar surface area (TPSA) is 89.2 Å². The first-order valence-electron chi connectivity index (χ1n) is 8.49. The van der Waals surface area contributed by atoms with Crippen molar-refractivity contribution in [1.82, 2.24) is 10.6 Å². The molecular weight excluding hydrogens is 292 g/mol. The highest BCUT2D eigenvalue weighted by molar-refractivity contribution is 5.90. The van der Waals surface area contributed by atoms with Crippen LogP contribution in [-0.4, -0.2) is 46.0 Å². The van der Waals surface area contributed by atoms with Crippen molar-refractivity contribution in [3.63, 3.8) is 0 Å². The summed E-state index contributed by atoms with van der Waals surface area (Å²) in [4.78, 5) is 0. The van der Waals surface area contributed by atoms with Crippen molar-refractivity contribution in [3.05, 3.63) is 0 Å². The lowest BCUT2D eigenvalue weighted by Gasteiger charge is -2.28. The van der Waals surface area contributed by atoms with Gasteiger partial charge in [0.25, 0.3) is 0 Å². The average Bonchev–Trinajstić information content (AvgIpc) is 2.51. The highest BCUT2D eigenvalue weighted by Crippen LogP contribution is 2.14. The second-order valence-electron chi connectivity index (χ2n) is 7.33. The molecule has 0 saturated carbocycles. The van der Waals surface area contributed by atoms with Crippen LogP contribution in [0.1, 0.15) is 67.7 Å². The first-order valence-corrected chi connectivity index (χ1v) is 8.49. The van der Waals surface area contributed by atoms with Crippen molar-refractivity contribution in [2.45, 2.75) is 78.8 Å². The smallest absolute Gasteiger partial charge is 0.0734 e. The van der Waals surface area contributed by atoms with Crippen molar-refractivity contribution in [2.75, 3.05) is 13.1 Å². The summed E-state index contributed by atoms with van der Waals surface area (Å²) < 4.78 is 0. The molecule has 0 fully saturated rings. The second-order valence-corrected chi connectivity index (χ2v) is 7.33. The van der Waals surface area contributed by atoms with Crippen LogP contribution in [0.3, 0.4) is 0 Å². The van der Waals surface area contributed by atoms with Gasteiger partial charge >= 0.3 is 0 Å². The average molecular weight is 329 g/mol. The molecule has 0 amide bonds. The maximum atomic E-state index is 8.89. The van der Waals surface area contributed by atoms with E-state index in [0.717, 1.165) is 32.4 Å². The van der Waals surface area contributed by atoms with Crippen LogP contribution in [0.15, 0.2) is 10.3 Å². The Balaban J connectivity index is 4.24. The number of rotatable bonds is 11. The Morgan fingerprint density at radius 1 is 0.870 bits per heavy atom. The van der Waals surface area contributed by atoms with Crippen LogP contribution in [-0.2, 0) is 0 Å². The summed E-state index contributed by atoms with van der Waals surface area (Å²) in [6, 6.07) is 0. The molecule has 0 bridgehead atoms. The number of nitrogens with zero attached hydrogens (tertiary/aromatic N) is 2. The number of hydrogen-bond donors (Lipinski definition) is 4. The lowest BCUT2D eigenvalue weighted by molar-refractivity contribution is 0.307. The zero-order valence-electron chi connectivity index (χ0n) is 15.9. The first-order chi connectivity index (χ1) is 10.6. The quantitative estimate of drug-likeness (QED) is 0.266. The van der Waals surface area contributed by atoms with Crippen LogP contribution in [0, 0.1) is 5.92 Å². The fraction of sp³-hybridized carbons (Fsp3) is 0.882. The van der Waals surface area contributed by atoms with E-state index in [1.165, 1.54) is 0 Å². The third-order valence-corrected chi connectivity index (χ3v) is 4.93. The molecule has 0 heterocycles. The monoisotopic (exact) mass is 328 g/mol. The van der Waals surface area contributed by atoms with E-state index in [1.807, 2.05) is 41.5 Å². The molecule has 0 saturated heterocycles. The Morgan fingerprint density at radius 3 is 1.48 bits per heavy atom. The van der Waals surface area contributed by atoms with E-state index >= 15 is 0 Å². The molecule has 0 aliphatic carbocycles.